The zero-order valence-corrected chi connectivity index (χ0v) is 20.7. The molecule has 1 aliphatic heterocycles. The number of rotatable bonds is 7. The predicted molar refractivity (Wildman–Crippen MR) is 131 cm³/mol. The molecule has 2 N–H and O–H groups in total. The average molecular weight is 472 g/mol. The molecule has 0 spiro atoms. The maximum atomic E-state index is 13.2. The zero-order valence-electron chi connectivity index (χ0n) is 19.9. The molecule has 1 aliphatic rings. The van der Waals surface area contributed by atoms with Crippen molar-refractivity contribution in [3.05, 3.63) is 53.6 Å². The van der Waals surface area contributed by atoms with Crippen LogP contribution in [0, 0.1) is 5.92 Å². The van der Waals surface area contributed by atoms with Gasteiger partial charge in [-0.2, -0.15) is 4.72 Å². The fraction of sp³-hybridized carbons (Fsp3) is 0.440. The molecule has 0 saturated carbocycles. The zero-order chi connectivity index (χ0) is 24.3. The Hall–Kier alpha value is -2.71. The van der Waals surface area contributed by atoms with Crippen LogP contribution in [0.5, 0.6) is 0 Å². The highest BCUT2D eigenvalue weighted by atomic mass is 32.2. The number of carbonyl (C=O) groups is 2. The van der Waals surface area contributed by atoms with E-state index in [2.05, 4.69) is 23.9 Å². The second-order valence-corrected chi connectivity index (χ2v) is 10.9. The van der Waals surface area contributed by atoms with E-state index < -0.39 is 22.0 Å². The number of amides is 2. The highest BCUT2D eigenvalue weighted by Crippen LogP contribution is 2.29. The minimum absolute atomic E-state index is 0.0670. The van der Waals surface area contributed by atoms with E-state index in [0.717, 1.165) is 23.2 Å². The molecular formula is C25H33N3O4S. The Morgan fingerprint density at radius 3 is 2.24 bits per heavy atom. The molecule has 2 amide bonds. The maximum absolute atomic E-state index is 13.2. The highest BCUT2D eigenvalue weighted by molar-refractivity contribution is 7.89. The number of carbonyl (C=O) groups excluding carboxylic acids is 2. The number of nitrogens with one attached hydrogen (secondary N) is 2. The van der Waals surface area contributed by atoms with E-state index in [-0.39, 0.29) is 16.7 Å². The molecular weight excluding hydrogens is 438 g/mol. The van der Waals surface area contributed by atoms with E-state index in [4.69, 9.17) is 0 Å². The van der Waals surface area contributed by atoms with Crippen molar-refractivity contribution in [2.45, 2.75) is 64.3 Å². The van der Waals surface area contributed by atoms with Gasteiger partial charge in [-0.15, -0.1) is 0 Å². The summed E-state index contributed by atoms with van der Waals surface area (Å²) < 4.78 is 28.9. The molecule has 178 valence electrons. The second-order valence-electron chi connectivity index (χ2n) is 9.17. The number of hydrogen-bond acceptors (Lipinski definition) is 4. The van der Waals surface area contributed by atoms with Gasteiger partial charge in [0.05, 0.1) is 4.90 Å². The number of hydrogen-bond donors (Lipinski definition) is 2. The summed E-state index contributed by atoms with van der Waals surface area (Å²) in [5.74, 6) is -0.362. The van der Waals surface area contributed by atoms with Crippen molar-refractivity contribution in [3.8, 4) is 0 Å². The molecule has 0 bridgehead atoms. The van der Waals surface area contributed by atoms with Crippen LogP contribution in [0.2, 0.25) is 0 Å². The molecule has 0 aromatic heterocycles. The summed E-state index contributed by atoms with van der Waals surface area (Å²) in [5.41, 5.74) is 3.34. The standard InChI is InChI=1S/C25H33N3O4S/c1-16(2)19-8-10-21(11-9-19)26-25(30)24(17(3)4)27-33(31,32)22-12-13-23-20(15-22)7-6-14-28(23)18(5)29/h8-13,15-17,24,27H,6-7,14H2,1-5H3,(H,26,30). The number of anilines is 2. The third-order valence-electron chi connectivity index (χ3n) is 5.94. The Bertz CT molecular complexity index is 1120. The number of aryl methyl sites for hydroxylation is 1. The van der Waals surface area contributed by atoms with Crippen LogP contribution < -0.4 is 14.9 Å². The van der Waals surface area contributed by atoms with Crippen LogP contribution in [0.15, 0.2) is 47.4 Å². The van der Waals surface area contributed by atoms with Crippen molar-refractivity contribution >= 4 is 33.2 Å². The van der Waals surface area contributed by atoms with Gasteiger partial charge in [0.2, 0.25) is 21.8 Å². The Kier molecular flexibility index (Phi) is 7.59. The van der Waals surface area contributed by atoms with Crippen molar-refractivity contribution in [2.24, 2.45) is 5.92 Å². The largest absolute Gasteiger partial charge is 0.325 e. The molecule has 1 unspecified atom stereocenters. The fourth-order valence-corrected chi connectivity index (χ4v) is 5.36. The second kappa shape index (κ2) is 10.1. The number of fused-ring (bicyclic) bond motifs is 1. The summed E-state index contributed by atoms with van der Waals surface area (Å²) in [5, 5.41) is 2.82. The average Bonchev–Trinajstić information content (AvgIpc) is 2.76. The number of nitrogens with zero attached hydrogens (tertiary/aromatic N) is 1. The van der Waals surface area contributed by atoms with Crippen molar-refractivity contribution in [3.63, 3.8) is 0 Å². The molecule has 2 aromatic rings. The van der Waals surface area contributed by atoms with Gasteiger partial charge in [-0.3, -0.25) is 9.59 Å². The lowest BCUT2D eigenvalue weighted by atomic mass is 10.0. The third kappa shape index (κ3) is 5.81. The summed E-state index contributed by atoms with van der Waals surface area (Å²) in [6, 6.07) is 11.4. The first-order valence-electron chi connectivity index (χ1n) is 11.3. The molecule has 0 radical (unpaired) electrons. The van der Waals surface area contributed by atoms with Crippen LogP contribution in [-0.2, 0) is 26.0 Å². The summed E-state index contributed by atoms with van der Waals surface area (Å²) in [6.07, 6.45) is 1.47. The van der Waals surface area contributed by atoms with Crippen molar-refractivity contribution in [2.75, 3.05) is 16.8 Å². The van der Waals surface area contributed by atoms with Gasteiger partial charge in [0.1, 0.15) is 6.04 Å². The van der Waals surface area contributed by atoms with Crippen LogP contribution in [0.1, 0.15) is 58.1 Å². The van der Waals surface area contributed by atoms with Crippen LogP contribution in [0.25, 0.3) is 0 Å². The molecule has 1 heterocycles. The van der Waals surface area contributed by atoms with Crippen LogP contribution in [0.3, 0.4) is 0 Å². The molecule has 7 nitrogen and oxygen atoms in total. The van der Waals surface area contributed by atoms with E-state index in [1.807, 2.05) is 24.3 Å². The molecule has 1 atom stereocenters. The quantitative estimate of drug-likeness (QED) is 0.637. The highest BCUT2D eigenvalue weighted by Gasteiger charge is 2.30. The molecule has 0 fully saturated rings. The fourth-order valence-electron chi connectivity index (χ4n) is 3.97. The van der Waals surface area contributed by atoms with Gasteiger partial charge in [-0.05, 0) is 66.1 Å². The summed E-state index contributed by atoms with van der Waals surface area (Å²) in [6.45, 7) is 9.91. The van der Waals surface area contributed by atoms with Gasteiger partial charge in [-0.25, -0.2) is 8.42 Å². The van der Waals surface area contributed by atoms with Crippen LogP contribution >= 0.6 is 0 Å². The molecule has 2 aromatic carbocycles. The molecule has 3 rings (SSSR count). The Morgan fingerprint density at radius 1 is 1.00 bits per heavy atom. The van der Waals surface area contributed by atoms with E-state index in [0.29, 0.717) is 24.6 Å². The molecule has 0 saturated heterocycles. The summed E-state index contributed by atoms with van der Waals surface area (Å²) in [4.78, 5) is 26.6. The first-order chi connectivity index (χ1) is 15.5. The SMILES string of the molecule is CC(=O)N1CCCc2cc(S(=O)(=O)NC(C(=O)Nc3ccc(C(C)C)cc3)C(C)C)ccc21. The minimum Gasteiger partial charge on any atom is -0.325 e. The van der Waals surface area contributed by atoms with Gasteiger partial charge < -0.3 is 10.2 Å². The van der Waals surface area contributed by atoms with Crippen molar-refractivity contribution in [1.82, 2.24) is 4.72 Å². The van der Waals surface area contributed by atoms with Gasteiger partial charge in [0, 0.05) is 24.8 Å². The third-order valence-corrected chi connectivity index (χ3v) is 7.37. The van der Waals surface area contributed by atoms with Crippen molar-refractivity contribution in [1.29, 1.82) is 0 Å². The number of benzene rings is 2. The van der Waals surface area contributed by atoms with Gasteiger partial charge in [0.15, 0.2) is 0 Å². The lowest BCUT2D eigenvalue weighted by Crippen LogP contribution is -2.47. The Balaban J connectivity index is 1.79. The van der Waals surface area contributed by atoms with Crippen LogP contribution in [-0.4, -0.2) is 32.8 Å². The van der Waals surface area contributed by atoms with Gasteiger partial charge in [-0.1, -0.05) is 39.8 Å². The molecule has 0 aliphatic carbocycles. The number of sulfonamides is 1. The van der Waals surface area contributed by atoms with Gasteiger partial charge >= 0.3 is 0 Å². The molecule has 33 heavy (non-hydrogen) atoms. The van der Waals surface area contributed by atoms with Gasteiger partial charge in [0.25, 0.3) is 0 Å². The van der Waals surface area contributed by atoms with E-state index in [1.165, 1.54) is 13.0 Å². The van der Waals surface area contributed by atoms with E-state index in [9.17, 15) is 18.0 Å². The monoisotopic (exact) mass is 471 g/mol. The minimum atomic E-state index is -3.95. The molecule has 8 heteroatoms. The van der Waals surface area contributed by atoms with E-state index in [1.54, 1.807) is 30.9 Å². The Labute approximate surface area is 196 Å². The first-order valence-corrected chi connectivity index (χ1v) is 12.8. The normalized spacial score (nSPS) is 14.8. The van der Waals surface area contributed by atoms with Crippen LogP contribution in [0.4, 0.5) is 11.4 Å². The van der Waals surface area contributed by atoms with E-state index >= 15 is 0 Å². The first kappa shape index (κ1) is 24.9. The Morgan fingerprint density at radius 2 is 1.67 bits per heavy atom. The van der Waals surface area contributed by atoms with Crippen molar-refractivity contribution < 1.29 is 18.0 Å². The smallest absolute Gasteiger partial charge is 0.242 e. The predicted octanol–water partition coefficient (Wildman–Crippen LogP) is 4.05. The lowest BCUT2D eigenvalue weighted by Gasteiger charge is -2.29. The topological polar surface area (TPSA) is 95.6 Å². The maximum Gasteiger partial charge on any atom is 0.242 e. The lowest BCUT2D eigenvalue weighted by molar-refractivity contribution is -0.118. The summed E-state index contributed by atoms with van der Waals surface area (Å²) >= 11 is 0. The summed E-state index contributed by atoms with van der Waals surface area (Å²) in [7, 11) is -3.95.